The standard InChI is InChI=1S/C20H20F3N5O2/c1-30-19(29)16(26)15-12(25)6-7-13-14(15)9-4-2-3-5-10(9)17(28-13)11(8-24)18(27)20(21,22)23/h6-8,24,26H,2-5,25,27H2,1H3. The number of anilines is 1. The number of nitrogens with two attached hydrogens (primary N) is 2. The number of methoxy groups -OCH3 is 1. The molecule has 0 amide bonds. The SMILES string of the molecule is COC(=O)C(=N)c1c(N)ccc2nc(C(C=N)=C(N)C(F)(F)F)c3c(c12)CCCC3. The van der Waals surface area contributed by atoms with E-state index in [9.17, 15) is 18.0 Å². The van der Waals surface area contributed by atoms with Crippen LogP contribution in [0.4, 0.5) is 18.9 Å². The molecule has 6 N–H and O–H groups in total. The lowest BCUT2D eigenvalue weighted by molar-refractivity contribution is -0.132. The molecule has 0 fully saturated rings. The Kier molecular flexibility index (Phi) is 5.51. The Labute approximate surface area is 169 Å². The van der Waals surface area contributed by atoms with Gasteiger partial charge in [0.1, 0.15) is 11.4 Å². The molecule has 0 spiro atoms. The molecule has 158 valence electrons. The van der Waals surface area contributed by atoms with Gasteiger partial charge in [0.25, 0.3) is 0 Å². The molecule has 3 rings (SSSR count). The quantitative estimate of drug-likeness (QED) is 0.343. The van der Waals surface area contributed by atoms with Crippen LogP contribution in [0.1, 0.15) is 35.2 Å². The van der Waals surface area contributed by atoms with E-state index in [1.807, 2.05) is 0 Å². The van der Waals surface area contributed by atoms with Gasteiger partial charge >= 0.3 is 12.1 Å². The number of aromatic nitrogens is 1. The molecule has 0 atom stereocenters. The summed E-state index contributed by atoms with van der Waals surface area (Å²) in [6.45, 7) is 0. The molecule has 10 heteroatoms. The second-order valence-corrected chi connectivity index (χ2v) is 6.88. The maximum absolute atomic E-state index is 13.3. The van der Waals surface area contributed by atoms with Crippen LogP contribution in [0.25, 0.3) is 16.5 Å². The predicted molar refractivity (Wildman–Crippen MR) is 108 cm³/mol. The number of aryl methyl sites for hydroxylation is 1. The average Bonchev–Trinajstić information content (AvgIpc) is 2.72. The highest BCUT2D eigenvalue weighted by molar-refractivity contribution is 6.45. The summed E-state index contributed by atoms with van der Waals surface area (Å²) in [7, 11) is 1.14. The van der Waals surface area contributed by atoms with Crippen LogP contribution < -0.4 is 11.5 Å². The number of rotatable bonds is 4. The van der Waals surface area contributed by atoms with Gasteiger partial charge in [-0.2, -0.15) is 13.2 Å². The van der Waals surface area contributed by atoms with Crippen LogP contribution in [0.15, 0.2) is 17.8 Å². The lowest BCUT2D eigenvalue weighted by Gasteiger charge is -2.24. The Morgan fingerprint density at radius 1 is 1.23 bits per heavy atom. The van der Waals surface area contributed by atoms with Crippen molar-refractivity contribution in [2.45, 2.75) is 31.9 Å². The zero-order valence-corrected chi connectivity index (χ0v) is 16.1. The van der Waals surface area contributed by atoms with Crippen LogP contribution >= 0.6 is 0 Å². The maximum atomic E-state index is 13.3. The lowest BCUT2D eigenvalue weighted by atomic mass is 9.83. The number of ether oxygens (including phenoxy) is 1. The van der Waals surface area contributed by atoms with Crippen molar-refractivity contribution in [1.82, 2.24) is 4.98 Å². The number of nitrogens with one attached hydrogen (secondary N) is 2. The second kappa shape index (κ2) is 7.77. The van der Waals surface area contributed by atoms with Crippen molar-refractivity contribution in [3.8, 4) is 0 Å². The Balaban J connectivity index is 2.44. The van der Waals surface area contributed by atoms with E-state index in [2.05, 4.69) is 9.72 Å². The Bertz CT molecular complexity index is 1110. The topological polar surface area (TPSA) is 139 Å². The molecular formula is C20H20F3N5O2. The molecule has 1 aliphatic rings. The number of benzene rings is 1. The number of carbonyl (C=O) groups excluding carboxylic acids is 1. The van der Waals surface area contributed by atoms with Crippen LogP contribution in [0, 0.1) is 10.8 Å². The third-order valence-corrected chi connectivity index (χ3v) is 5.14. The molecule has 30 heavy (non-hydrogen) atoms. The van der Waals surface area contributed by atoms with Gasteiger partial charge < -0.3 is 21.6 Å². The van der Waals surface area contributed by atoms with Crippen molar-refractivity contribution in [3.05, 3.63) is 40.2 Å². The van der Waals surface area contributed by atoms with Crippen molar-refractivity contribution in [1.29, 1.82) is 10.8 Å². The number of alkyl halides is 3. The first-order valence-corrected chi connectivity index (χ1v) is 9.10. The number of carbonyl (C=O) groups is 1. The monoisotopic (exact) mass is 419 g/mol. The minimum Gasteiger partial charge on any atom is -0.464 e. The smallest absolute Gasteiger partial charge is 0.431 e. The van der Waals surface area contributed by atoms with Gasteiger partial charge in [0.2, 0.25) is 0 Å². The van der Waals surface area contributed by atoms with E-state index in [1.165, 1.54) is 12.1 Å². The van der Waals surface area contributed by atoms with E-state index in [0.717, 1.165) is 20.0 Å². The zero-order valence-electron chi connectivity index (χ0n) is 16.1. The molecule has 0 aliphatic heterocycles. The maximum Gasteiger partial charge on any atom is 0.431 e. The fourth-order valence-electron chi connectivity index (χ4n) is 3.76. The van der Waals surface area contributed by atoms with E-state index in [0.29, 0.717) is 35.6 Å². The molecular weight excluding hydrogens is 399 g/mol. The van der Waals surface area contributed by atoms with E-state index < -0.39 is 29.1 Å². The summed E-state index contributed by atoms with van der Waals surface area (Å²) < 4.78 is 44.4. The van der Waals surface area contributed by atoms with Gasteiger partial charge in [-0.05, 0) is 48.9 Å². The Morgan fingerprint density at radius 3 is 2.43 bits per heavy atom. The molecule has 1 aromatic heterocycles. The molecule has 0 saturated carbocycles. The number of allylic oxidation sites excluding steroid dienone is 2. The summed E-state index contributed by atoms with van der Waals surface area (Å²) in [6.07, 6.45) is -1.84. The van der Waals surface area contributed by atoms with Gasteiger partial charge in [-0.15, -0.1) is 0 Å². The summed E-state index contributed by atoms with van der Waals surface area (Å²) >= 11 is 0. The molecule has 7 nitrogen and oxygen atoms in total. The van der Waals surface area contributed by atoms with E-state index in [1.54, 1.807) is 0 Å². The average molecular weight is 419 g/mol. The van der Waals surface area contributed by atoms with Gasteiger partial charge in [-0.1, -0.05) is 0 Å². The third kappa shape index (κ3) is 3.49. The van der Waals surface area contributed by atoms with Gasteiger partial charge in [-0.3, -0.25) is 5.41 Å². The highest BCUT2D eigenvalue weighted by Gasteiger charge is 2.36. The third-order valence-electron chi connectivity index (χ3n) is 5.14. The number of nitrogens with zero attached hydrogens (tertiary/aromatic N) is 1. The number of halogens is 3. The van der Waals surface area contributed by atoms with Crippen LogP contribution in [-0.2, 0) is 22.4 Å². The lowest BCUT2D eigenvalue weighted by Crippen LogP contribution is -2.23. The highest BCUT2D eigenvalue weighted by atomic mass is 19.4. The molecule has 1 aromatic carbocycles. The van der Waals surface area contributed by atoms with Gasteiger partial charge in [-0.25, -0.2) is 9.78 Å². The first-order chi connectivity index (χ1) is 14.1. The summed E-state index contributed by atoms with van der Waals surface area (Å²) in [4.78, 5) is 16.4. The van der Waals surface area contributed by atoms with Crippen LogP contribution in [-0.4, -0.2) is 36.2 Å². The molecule has 0 unspecified atom stereocenters. The fraction of sp³-hybridized carbons (Fsp3) is 0.300. The summed E-state index contributed by atoms with van der Waals surface area (Å²) in [5.74, 6) is -0.885. The van der Waals surface area contributed by atoms with E-state index >= 15 is 0 Å². The first kappa shape index (κ1) is 21.3. The van der Waals surface area contributed by atoms with Crippen molar-refractivity contribution >= 4 is 40.1 Å². The molecule has 0 radical (unpaired) electrons. The molecule has 1 heterocycles. The molecule has 2 aromatic rings. The number of hydrogen-bond donors (Lipinski definition) is 4. The minimum absolute atomic E-state index is 0.0117. The van der Waals surface area contributed by atoms with Gasteiger partial charge in [0.15, 0.2) is 0 Å². The summed E-state index contributed by atoms with van der Waals surface area (Å²) in [5.41, 5.74) is 10.7. The molecule has 1 aliphatic carbocycles. The number of fused-ring (bicyclic) bond motifs is 3. The van der Waals surface area contributed by atoms with Crippen LogP contribution in [0.3, 0.4) is 0 Å². The van der Waals surface area contributed by atoms with Crippen molar-refractivity contribution in [2.24, 2.45) is 5.73 Å². The van der Waals surface area contributed by atoms with Gasteiger partial charge in [0, 0.05) is 28.4 Å². The zero-order chi connectivity index (χ0) is 22.2. The summed E-state index contributed by atoms with van der Waals surface area (Å²) in [6, 6.07) is 2.95. The van der Waals surface area contributed by atoms with Crippen molar-refractivity contribution in [3.63, 3.8) is 0 Å². The van der Waals surface area contributed by atoms with Crippen molar-refractivity contribution in [2.75, 3.05) is 12.8 Å². The second-order valence-electron chi connectivity index (χ2n) is 6.88. The summed E-state index contributed by atoms with van der Waals surface area (Å²) in [5, 5.41) is 16.2. The first-order valence-electron chi connectivity index (χ1n) is 9.10. The Hall–Kier alpha value is -3.43. The molecule has 0 saturated heterocycles. The minimum atomic E-state index is -4.82. The van der Waals surface area contributed by atoms with Crippen molar-refractivity contribution < 1.29 is 22.7 Å². The number of nitrogen functional groups attached to an aromatic ring is 1. The number of esters is 1. The Morgan fingerprint density at radius 2 is 1.87 bits per heavy atom. The van der Waals surface area contributed by atoms with Crippen LogP contribution in [0.2, 0.25) is 0 Å². The van der Waals surface area contributed by atoms with Gasteiger partial charge in [0.05, 0.1) is 18.3 Å². The fourth-order valence-corrected chi connectivity index (χ4v) is 3.76. The highest BCUT2D eigenvalue weighted by Crippen LogP contribution is 2.38. The van der Waals surface area contributed by atoms with Crippen LogP contribution in [0.5, 0.6) is 0 Å². The predicted octanol–water partition coefficient (Wildman–Crippen LogP) is 3.12. The van der Waals surface area contributed by atoms with E-state index in [-0.39, 0.29) is 22.5 Å². The normalized spacial score (nSPS) is 14.7. The molecule has 0 bridgehead atoms. The van der Waals surface area contributed by atoms with E-state index in [4.69, 9.17) is 22.3 Å². The number of hydrogen-bond acceptors (Lipinski definition) is 7. The number of pyridine rings is 1. The largest absolute Gasteiger partial charge is 0.464 e.